The molecule has 0 spiro atoms. The molecule has 1 aromatic carbocycles. The number of carbonyl (C=O) groups is 2. The molecule has 5 heteroatoms. The first-order valence-corrected chi connectivity index (χ1v) is 8.77. The van der Waals surface area contributed by atoms with Crippen LogP contribution in [0.5, 0.6) is 0 Å². The maximum atomic E-state index is 12.8. The number of likely N-dealkylation sites (N-methyl/N-ethyl adjacent to an activating group) is 1. The molecule has 1 aromatic heterocycles. The number of amides is 2. The first-order valence-electron chi connectivity index (χ1n) is 8.77. The minimum Gasteiger partial charge on any atom is -0.459 e. The molecule has 0 radical (unpaired) electrons. The topological polar surface area (TPSA) is 53.8 Å². The molecular weight excluding hydrogens is 316 g/mol. The van der Waals surface area contributed by atoms with E-state index >= 15 is 0 Å². The molecule has 0 aliphatic carbocycles. The largest absolute Gasteiger partial charge is 0.459 e. The van der Waals surface area contributed by atoms with E-state index in [1.165, 1.54) is 16.7 Å². The summed E-state index contributed by atoms with van der Waals surface area (Å²) < 4.78 is 5.13. The molecule has 2 amide bonds. The third kappa shape index (κ3) is 4.29. The minimum atomic E-state index is -0.269. The van der Waals surface area contributed by atoms with Gasteiger partial charge in [-0.25, -0.2) is 0 Å². The summed E-state index contributed by atoms with van der Waals surface area (Å²) in [5, 5.41) is 0. The molecule has 1 aliphatic rings. The van der Waals surface area contributed by atoms with Gasteiger partial charge in [0, 0.05) is 19.6 Å². The Hall–Kier alpha value is -2.56. The molecule has 2 aromatic rings. The number of piperidine rings is 1. The van der Waals surface area contributed by atoms with Crippen molar-refractivity contribution in [3.05, 3.63) is 60.1 Å². The molecule has 25 heavy (non-hydrogen) atoms. The fraction of sp³-hybridized carbons (Fsp3) is 0.400. The molecule has 1 aliphatic heterocycles. The van der Waals surface area contributed by atoms with Gasteiger partial charge in [0.1, 0.15) is 0 Å². The van der Waals surface area contributed by atoms with E-state index in [9.17, 15) is 9.59 Å². The maximum Gasteiger partial charge on any atom is 0.289 e. The molecule has 0 bridgehead atoms. The number of rotatable bonds is 5. The van der Waals surface area contributed by atoms with Crippen LogP contribution in [-0.4, -0.2) is 47.8 Å². The highest BCUT2D eigenvalue weighted by Gasteiger charge is 2.28. The monoisotopic (exact) mass is 340 g/mol. The normalized spacial score (nSPS) is 17.3. The number of likely N-dealkylation sites (tertiary alicyclic amines) is 1. The van der Waals surface area contributed by atoms with Crippen LogP contribution in [0.4, 0.5) is 0 Å². The van der Waals surface area contributed by atoms with Crippen molar-refractivity contribution < 1.29 is 14.0 Å². The number of carbonyl (C=O) groups excluding carboxylic acids is 2. The van der Waals surface area contributed by atoms with E-state index in [1.807, 2.05) is 23.1 Å². The lowest BCUT2D eigenvalue weighted by Crippen LogP contribution is -2.49. The Morgan fingerprint density at radius 2 is 1.96 bits per heavy atom. The summed E-state index contributed by atoms with van der Waals surface area (Å²) in [7, 11) is 1.64. The van der Waals surface area contributed by atoms with Gasteiger partial charge >= 0.3 is 0 Å². The zero-order chi connectivity index (χ0) is 17.6. The zero-order valence-electron chi connectivity index (χ0n) is 14.6. The standard InChI is InChI=1S/C20H24N2O3/c1-21(20(24)18-11-7-13-25-18)15-19(23)22-12-6-5-10-17(22)14-16-8-3-2-4-9-16/h2-4,7-9,11,13,17H,5-6,10,12,14-15H2,1H3/t17-/m1/s1. The van der Waals surface area contributed by atoms with E-state index in [2.05, 4.69) is 12.1 Å². The second-order valence-corrected chi connectivity index (χ2v) is 6.56. The molecule has 0 N–H and O–H groups in total. The fourth-order valence-corrected chi connectivity index (χ4v) is 3.38. The molecule has 0 unspecified atom stereocenters. The van der Waals surface area contributed by atoms with E-state index in [4.69, 9.17) is 4.42 Å². The predicted molar refractivity (Wildman–Crippen MR) is 95.2 cm³/mol. The van der Waals surface area contributed by atoms with Crippen LogP contribution >= 0.6 is 0 Å². The number of hydrogen-bond donors (Lipinski definition) is 0. The van der Waals surface area contributed by atoms with Crippen molar-refractivity contribution in [1.29, 1.82) is 0 Å². The summed E-state index contributed by atoms with van der Waals surface area (Å²) in [6.07, 6.45) is 5.50. The molecular formula is C20H24N2O3. The van der Waals surface area contributed by atoms with Crippen molar-refractivity contribution >= 4 is 11.8 Å². The Kier molecular flexibility index (Phi) is 5.53. The van der Waals surface area contributed by atoms with Gasteiger partial charge in [-0.15, -0.1) is 0 Å². The summed E-state index contributed by atoms with van der Waals surface area (Å²) in [5.74, 6) is -0.00668. The first kappa shape index (κ1) is 17.3. The van der Waals surface area contributed by atoms with Gasteiger partial charge in [0.25, 0.3) is 5.91 Å². The molecule has 5 nitrogen and oxygen atoms in total. The highest BCUT2D eigenvalue weighted by Crippen LogP contribution is 2.21. The van der Waals surface area contributed by atoms with Crippen LogP contribution in [0.1, 0.15) is 35.4 Å². The van der Waals surface area contributed by atoms with Crippen molar-refractivity contribution in [1.82, 2.24) is 9.80 Å². The number of nitrogens with zero attached hydrogens (tertiary/aromatic N) is 2. The van der Waals surface area contributed by atoms with E-state index in [1.54, 1.807) is 19.2 Å². The molecule has 3 rings (SSSR count). The average molecular weight is 340 g/mol. The molecule has 132 valence electrons. The lowest BCUT2D eigenvalue weighted by atomic mass is 9.95. The minimum absolute atomic E-state index is 0.00281. The second kappa shape index (κ2) is 8.01. The van der Waals surface area contributed by atoms with Crippen LogP contribution in [0, 0.1) is 0 Å². The molecule has 2 heterocycles. The second-order valence-electron chi connectivity index (χ2n) is 6.56. The highest BCUT2D eigenvalue weighted by molar-refractivity contribution is 5.94. The Balaban J connectivity index is 1.63. The van der Waals surface area contributed by atoms with Gasteiger partial charge in [0.2, 0.25) is 5.91 Å². The third-order valence-electron chi connectivity index (χ3n) is 4.71. The quantitative estimate of drug-likeness (QED) is 0.841. The number of furan rings is 1. The number of benzene rings is 1. The van der Waals surface area contributed by atoms with Gasteiger partial charge in [-0.05, 0) is 43.4 Å². The van der Waals surface area contributed by atoms with Crippen LogP contribution in [-0.2, 0) is 11.2 Å². The van der Waals surface area contributed by atoms with Crippen molar-refractivity contribution in [3.63, 3.8) is 0 Å². The van der Waals surface area contributed by atoms with Gasteiger partial charge in [0.05, 0.1) is 12.8 Å². The molecule has 1 saturated heterocycles. The maximum absolute atomic E-state index is 12.8. The van der Waals surface area contributed by atoms with E-state index < -0.39 is 0 Å². The molecule has 0 saturated carbocycles. The van der Waals surface area contributed by atoms with E-state index in [0.717, 1.165) is 32.2 Å². The zero-order valence-corrected chi connectivity index (χ0v) is 14.6. The van der Waals surface area contributed by atoms with E-state index in [-0.39, 0.29) is 30.2 Å². The number of hydrogen-bond acceptors (Lipinski definition) is 3. The Morgan fingerprint density at radius 3 is 2.68 bits per heavy atom. The molecule has 1 atom stereocenters. The van der Waals surface area contributed by atoms with Crippen molar-refractivity contribution in [2.75, 3.05) is 20.1 Å². The van der Waals surface area contributed by atoms with Crippen LogP contribution in [0.2, 0.25) is 0 Å². The smallest absolute Gasteiger partial charge is 0.289 e. The van der Waals surface area contributed by atoms with Crippen molar-refractivity contribution in [2.24, 2.45) is 0 Å². The Bertz CT molecular complexity index is 697. The predicted octanol–water partition coefficient (Wildman–Crippen LogP) is 2.98. The SMILES string of the molecule is CN(CC(=O)N1CCCC[C@@H]1Cc1ccccc1)C(=O)c1ccco1. The third-order valence-corrected chi connectivity index (χ3v) is 4.71. The molecule has 1 fully saturated rings. The van der Waals surface area contributed by atoms with Gasteiger partial charge in [-0.1, -0.05) is 30.3 Å². The van der Waals surface area contributed by atoms with Crippen molar-refractivity contribution in [3.8, 4) is 0 Å². The fourth-order valence-electron chi connectivity index (χ4n) is 3.38. The van der Waals surface area contributed by atoms with Crippen molar-refractivity contribution in [2.45, 2.75) is 31.7 Å². The van der Waals surface area contributed by atoms with Crippen LogP contribution in [0.3, 0.4) is 0 Å². The van der Waals surface area contributed by atoms with Gasteiger partial charge in [0.15, 0.2) is 5.76 Å². The van der Waals surface area contributed by atoms with E-state index in [0.29, 0.717) is 0 Å². The summed E-state index contributed by atoms with van der Waals surface area (Å²) >= 11 is 0. The van der Waals surface area contributed by atoms with Crippen LogP contribution in [0.15, 0.2) is 53.1 Å². The Morgan fingerprint density at radius 1 is 1.16 bits per heavy atom. The Labute approximate surface area is 148 Å². The highest BCUT2D eigenvalue weighted by atomic mass is 16.3. The lowest BCUT2D eigenvalue weighted by molar-refractivity contribution is -0.135. The van der Waals surface area contributed by atoms with Gasteiger partial charge in [-0.2, -0.15) is 0 Å². The van der Waals surface area contributed by atoms with Crippen LogP contribution < -0.4 is 0 Å². The van der Waals surface area contributed by atoms with Gasteiger partial charge < -0.3 is 14.2 Å². The van der Waals surface area contributed by atoms with Gasteiger partial charge in [-0.3, -0.25) is 9.59 Å². The summed E-state index contributed by atoms with van der Waals surface area (Å²) in [6.45, 7) is 0.837. The summed E-state index contributed by atoms with van der Waals surface area (Å²) in [5.41, 5.74) is 1.24. The van der Waals surface area contributed by atoms with Crippen LogP contribution in [0.25, 0.3) is 0 Å². The summed E-state index contributed by atoms with van der Waals surface area (Å²) in [4.78, 5) is 28.4. The summed E-state index contributed by atoms with van der Waals surface area (Å²) in [6, 6.07) is 13.7. The first-order chi connectivity index (χ1) is 12.1. The lowest BCUT2D eigenvalue weighted by Gasteiger charge is -2.37. The average Bonchev–Trinajstić information content (AvgIpc) is 3.17.